The van der Waals surface area contributed by atoms with Gasteiger partial charge >= 0.3 is 0 Å². The zero-order valence-electron chi connectivity index (χ0n) is 8.97. The van der Waals surface area contributed by atoms with Crippen LogP contribution in [-0.2, 0) is 11.2 Å². The topological polar surface area (TPSA) is 60.8 Å². The van der Waals surface area contributed by atoms with Gasteiger partial charge in [-0.1, -0.05) is 0 Å². The van der Waals surface area contributed by atoms with Crippen LogP contribution in [0.5, 0.6) is 11.5 Å². The second-order valence-corrected chi connectivity index (χ2v) is 4.31. The molecule has 4 nitrogen and oxygen atoms in total. The third kappa shape index (κ3) is 2.52. The smallest absolute Gasteiger partial charge is 0.133 e. The second kappa shape index (κ2) is 4.53. The highest BCUT2D eigenvalue weighted by molar-refractivity contribution is 5.52. The van der Waals surface area contributed by atoms with Crippen LogP contribution in [0.4, 0.5) is 0 Å². The summed E-state index contributed by atoms with van der Waals surface area (Å²) >= 11 is 0. The van der Waals surface area contributed by atoms with Crippen molar-refractivity contribution in [2.75, 3.05) is 19.6 Å². The average molecular weight is 221 g/mol. The molecule has 0 aromatic heterocycles. The Morgan fingerprint density at radius 2 is 1.88 bits per heavy atom. The molecule has 1 saturated heterocycles. The van der Waals surface area contributed by atoms with Gasteiger partial charge in [0.25, 0.3) is 0 Å². The van der Waals surface area contributed by atoms with Gasteiger partial charge in [0.15, 0.2) is 0 Å². The summed E-state index contributed by atoms with van der Waals surface area (Å²) in [5.74, 6) is 0.708. The highest BCUT2D eigenvalue weighted by Gasteiger charge is 2.26. The van der Waals surface area contributed by atoms with Gasteiger partial charge in [-0.05, 0) is 30.0 Å². The van der Waals surface area contributed by atoms with E-state index in [-0.39, 0.29) is 11.5 Å². The molecule has 0 amide bonds. The Hall–Kier alpha value is -1.55. The Labute approximate surface area is 94.1 Å². The molecule has 4 heteroatoms. The fourth-order valence-corrected chi connectivity index (χ4v) is 2.17. The van der Waals surface area contributed by atoms with Gasteiger partial charge in [0.2, 0.25) is 0 Å². The summed E-state index contributed by atoms with van der Waals surface area (Å²) in [6.45, 7) is 2.33. The van der Waals surface area contributed by atoms with E-state index in [2.05, 4.69) is 4.90 Å². The first kappa shape index (κ1) is 11.0. The quantitative estimate of drug-likeness (QED) is 0.737. The maximum atomic E-state index is 10.3. The third-order valence-electron chi connectivity index (χ3n) is 2.85. The SMILES string of the molecule is O=CCN1CC(Cc2cc(O)cc(O)c2)C1. The van der Waals surface area contributed by atoms with Crippen molar-refractivity contribution in [2.45, 2.75) is 6.42 Å². The van der Waals surface area contributed by atoms with Gasteiger partial charge in [-0.25, -0.2) is 0 Å². The Morgan fingerprint density at radius 1 is 1.25 bits per heavy atom. The first-order valence-electron chi connectivity index (χ1n) is 5.35. The van der Waals surface area contributed by atoms with E-state index in [0.29, 0.717) is 12.5 Å². The molecule has 1 aliphatic rings. The monoisotopic (exact) mass is 221 g/mol. The minimum atomic E-state index is 0.0964. The van der Waals surface area contributed by atoms with Gasteiger partial charge in [-0.2, -0.15) is 0 Å². The first-order chi connectivity index (χ1) is 7.67. The number of rotatable bonds is 4. The molecule has 0 aliphatic carbocycles. The minimum absolute atomic E-state index is 0.0964. The number of likely N-dealkylation sites (tertiary alicyclic amines) is 1. The summed E-state index contributed by atoms with van der Waals surface area (Å²) in [5, 5.41) is 18.6. The molecule has 1 aromatic carbocycles. The summed E-state index contributed by atoms with van der Waals surface area (Å²) in [6.07, 6.45) is 1.74. The molecule has 0 unspecified atom stereocenters. The molecular formula is C12H15NO3. The van der Waals surface area contributed by atoms with Gasteiger partial charge in [0, 0.05) is 19.2 Å². The van der Waals surface area contributed by atoms with Crippen LogP contribution < -0.4 is 0 Å². The maximum absolute atomic E-state index is 10.3. The van der Waals surface area contributed by atoms with Gasteiger partial charge in [-0.3, -0.25) is 4.90 Å². The van der Waals surface area contributed by atoms with Crippen LogP contribution in [-0.4, -0.2) is 41.0 Å². The number of phenolic OH excluding ortho intramolecular Hbond substituents is 2. The molecule has 2 N–H and O–H groups in total. The normalized spacial score (nSPS) is 17.0. The van der Waals surface area contributed by atoms with Gasteiger partial charge in [0.05, 0.1) is 6.54 Å². The molecular weight excluding hydrogens is 206 g/mol. The number of phenols is 2. The summed E-state index contributed by atoms with van der Waals surface area (Å²) < 4.78 is 0. The number of nitrogens with zero attached hydrogens (tertiary/aromatic N) is 1. The van der Waals surface area contributed by atoms with Crippen LogP contribution >= 0.6 is 0 Å². The van der Waals surface area contributed by atoms with E-state index in [4.69, 9.17) is 0 Å². The van der Waals surface area contributed by atoms with Crippen LogP contribution in [0.1, 0.15) is 5.56 Å². The molecule has 0 atom stereocenters. The highest BCUT2D eigenvalue weighted by atomic mass is 16.3. The molecule has 0 spiro atoms. The number of carbonyl (C=O) groups is 1. The molecule has 2 rings (SSSR count). The Balaban J connectivity index is 1.89. The van der Waals surface area contributed by atoms with E-state index in [0.717, 1.165) is 31.4 Å². The lowest BCUT2D eigenvalue weighted by molar-refractivity contribution is -0.110. The lowest BCUT2D eigenvalue weighted by atomic mass is 9.92. The van der Waals surface area contributed by atoms with E-state index in [9.17, 15) is 15.0 Å². The minimum Gasteiger partial charge on any atom is -0.508 e. The van der Waals surface area contributed by atoms with Gasteiger partial charge in [-0.15, -0.1) is 0 Å². The fraction of sp³-hybridized carbons (Fsp3) is 0.417. The summed E-state index contributed by atoms with van der Waals surface area (Å²) in [4.78, 5) is 12.3. The van der Waals surface area contributed by atoms with Crippen molar-refractivity contribution in [2.24, 2.45) is 5.92 Å². The lowest BCUT2D eigenvalue weighted by Crippen LogP contribution is -2.48. The number of aldehydes is 1. The van der Waals surface area contributed by atoms with Gasteiger partial charge in [0.1, 0.15) is 17.8 Å². The average Bonchev–Trinajstić information content (AvgIpc) is 2.13. The molecule has 86 valence electrons. The Morgan fingerprint density at radius 3 is 2.44 bits per heavy atom. The molecule has 1 aliphatic heterocycles. The second-order valence-electron chi connectivity index (χ2n) is 4.31. The molecule has 0 saturated carbocycles. The van der Waals surface area contributed by atoms with E-state index >= 15 is 0 Å². The largest absolute Gasteiger partial charge is 0.508 e. The number of hydrogen-bond donors (Lipinski definition) is 2. The van der Waals surface area contributed by atoms with Crippen molar-refractivity contribution >= 4 is 6.29 Å². The maximum Gasteiger partial charge on any atom is 0.133 e. The van der Waals surface area contributed by atoms with Crippen LogP contribution in [0.3, 0.4) is 0 Å². The summed E-state index contributed by atoms with van der Waals surface area (Å²) in [5.41, 5.74) is 0.938. The highest BCUT2D eigenvalue weighted by Crippen LogP contribution is 2.25. The van der Waals surface area contributed by atoms with E-state index < -0.39 is 0 Å². The fourth-order valence-electron chi connectivity index (χ4n) is 2.17. The van der Waals surface area contributed by atoms with Crippen molar-refractivity contribution in [3.63, 3.8) is 0 Å². The summed E-state index contributed by atoms with van der Waals surface area (Å²) in [7, 11) is 0. The van der Waals surface area contributed by atoms with E-state index in [1.807, 2.05) is 0 Å². The Kier molecular flexibility index (Phi) is 3.10. The zero-order valence-corrected chi connectivity index (χ0v) is 8.97. The number of carbonyl (C=O) groups excluding carboxylic acids is 1. The van der Waals surface area contributed by atoms with Crippen LogP contribution in [0.25, 0.3) is 0 Å². The van der Waals surface area contributed by atoms with Crippen LogP contribution in [0.15, 0.2) is 18.2 Å². The van der Waals surface area contributed by atoms with Gasteiger partial charge < -0.3 is 15.0 Å². The van der Waals surface area contributed by atoms with Crippen LogP contribution in [0, 0.1) is 5.92 Å². The standard InChI is InChI=1S/C12H15NO3/c14-2-1-13-7-10(8-13)3-9-4-11(15)6-12(16)5-9/h2,4-6,10,15-16H,1,3,7-8H2. The van der Waals surface area contributed by atoms with E-state index in [1.54, 1.807) is 12.1 Å². The third-order valence-corrected chi connectivity index (χ3v) is 2.85. The van der Waals surface area contributed by atoms with Crippen molar-refractivity contribution in [3.8, 4) is 11.5 Å². The molecule has 1 fully saturated rings. The molecule has 0 radical (unpaired) electrons. The molecule has 16 heavy (non-hydrogen) atoms. The van der Waals surface area contributed by atoms with Crippen molar-refractivity contribution in [1.29, 1.82) is 0 Å². The predicted octanol–water partition coefficient (Wildman–Crippen LogP) is 0.771. The molecule has 0 bridgehead atoms. The predicted molar refractivity (Wildman–Crippen MR) is 59.5 cm³/mol. The zero-order chi connectivity index (χ0) is 11.5. The lowest BCUT2D eigenvalue weighted by Gasteiger charge is -2.38. The molecule has 1 aromatic rings. The van der Waals surface area contributed by atoms with Crippen molar-refractivity contribution in [1.82, 2.24) is 4.90 Å². The Bertz CT molecular complexity index is 366. The first-order valence-corrected chi connectivity index (χ1v) is 5.35. The summed E-state index contributed by atoms with van der Waals surface area (Å²) in [6, 6.07) is 4.66. The van der Waals surface area contributed by atoms with E-state index in [1.165, 1.54) is 6.07 Å². The molecule has 1 heterocycles. The van der Waals surface area contributed by atoms with Crippen molar-refractivity contribution in [3.05, 3.63) is 23.8 Å². The number of aromatic hydroxyl groups is 2. The number of hydrogen-bond acceptors (Lipinski definition) is 4. The van der Waals surface area contributed by atoms with Crippen LogP contribution in [0.2, 0.25) is 0 Å². The number of benzene rings is 1. The van der Waals surface area contributed by atoms with Crippen molar-refractivity contribution < 1.29 is 15.0 Å².